The smallest absolute Gasteiger partial charge is 0.395 e. The highest BCUT2D eigenvalue weighted by atomic mass is 79.9. The van der Waals surface area contributed by atoms with Crippen molar-refractivity contribution < 1.29 is 14.1 Å². The minimum Gasteiger partial charge on any atom is -0.395 e. The van der Waals surface area contributed by atoms with Crippen LogP contribution < -0.4 is 5.32 Å². The van der Waals surface area contributed by atoms with Gasteiger partial charge in [0.2, 0.25) is 0 Å². The monoisotopic (exact) mass is 352 g/mol. The van der Waals surface area contributed by atoms with Crippen LogP contribution in [0.25, 0.3) is 0 Å². The van der Waals surface area contributed by atoms with E-state index in [1.165, 1.54) is 6.07 Å². The molecule has 1 aromatic carbocycles. The first kappa shape index (κ1) is 15.2. The quantitative estimate of drug-likeness (QED) is 0.487. The summed E-state index contributed by atoms with van der Waals surface area (Å²) in [5, 5.41) is 14.1. The van der Waals surface area contributed by atoms with E-state index in [1.54, 1.807) is 6.07 Å². The van der Waals surface area contributed by atoms with Gasteiger partial charge in [-0.15, -0.1) is 0 Å². The van der Waals surface area contributed by atoms with Crippen molar-refractivity contribution in [3.63, 3.8) is 0 Å². The van der Waals surface area contributed by atoms with E-state index in [1.807, 2.05) is 18.2 Å². The second-order valence-electron chi connectivity index (χ2n) is 4.34. The van der Waals surface area contributed by atoms with Crippen molar-refractivity contribution in [1.29, 1.82) is 0 Å². The van der Waals surface area contributed by atoms with E-state index in [0.717, 1.165) is 29.8 Å². The molecule has 110 valence electrons. The second kappa shape index (κ2) is 7.03. The van der Waals surface area contributed by atoms with Crippen molar-refractivity contribution in [2.24, 2.45) is 0 Å². The Hall–Kier alpha value is -2.15. The van der Waals surface area contributed by atoms with Gasteiger partial charge in [-0.25, -0.2) is 0 Å². The van der Waals surface area contributed by atoms with Gasteiger partial charge in [0.15, 0.2) is 5.76 Å². The Labute approximate surface area is 129 Å². The standard InChI is InChI=1S/C14H13BrN2O4/c15-8-2-4-10-3-1-5-11(9-10)16-14(18)12-6-7-13(21-12)17(19)20/h1,3,5-7,9H,2,4,8H2,(H,16,18). The lowest BCUT2D eigenvalue weighted by Gasteiger charge is -2.05. The third-order valence-electron chi connectivity index (χ3n) is 2.78. The molecule has 1 aromatic heterocycles. The maximum atomic E-state index is 11.9. The van der Waals surface area contributed by atoms with Gasteiger partial charge in [-0.05, 0) is 36.6 Å². The van der Waals surface area contributed by atoms with Gasteiger partial charge in [0, 0.05) is 11.0 Å². The Morgan fingerprint density at radius 3 is 2.81 bits per heavy atom. The molecule has 6 nitrogen and oxygen atoms in total. The number of hydrogen-bond acceptors (Lipinski definition) is 4. The molecule has 0 saturated heterocycles. The predicted molar refractivity (Wildman–Crippen MR) is 81.9 cm³/mol. The molecule has 1 amide bonds. The van der Waals surface area contributed by atoms with Crippen LogP contribution in [0.4, 0.5) is 11.6 Å². The van der Waals surface area contributed by atoms with Crippen molar-refractivity contribution in [2.45, 2.75) is 12.8 Å². The van der Waals surface area contributed by atoms with Crippen LogP contribution in [0.2, 0.25) is 0 Å². The summed E-state index contributed by atoms with van der Waals surface area (Å²) in [5.74, 6) is -1.06. The van der Waals surface area contributed by atoms with E-state index >= 15 is 0 Å². The van der Waals surface area contributed by atoms with E-state index in [0.29, 0.717) is 5.69 Å². The summed E-state index contributed by atoms with van der Waals surface area (Å²) in [5.41, 5.74) is 1.74. The Balaban J connectivity index is 2.06. The van der Waals surface area contributed by atoms with Crippen molar-refractivity contribution in [2.75, 3.05) is 10.6 Å². The highest BCUT2D eigenvalue weighted by molar-refractivity contribution is 9.09. The SMILES string of the molecule is O=C(Nc1cccc(CCCBr)c1)c1ccc([N+](=O)[O-])o1. The van der Waals surface area contributed by atoms with E-state index in [2.05, 4.69) is 21.2 Å². The number of carbonyl (C=O) groups is 1. The van der Waals surface area contributed by atoms with Gasteiger partial charge in [0.25, 0.3) is 5.91 Å². The highest BCUT2D eigenvalue weighted by Crippen LogP contribution is 2.18. The van der Waals surface area contributed by atoms with Crippen LogP contribution in [0.5, 0.6) is 0 Å². The Morgan fingerprint density at radius 2 is 2.14 bits per heavy atom. The molecular formula is C14H13BrN2O4. The zero-order valence-electron chi connectivity index (χ0n) is 11.0. The summed E-state index contributed by atoms with van der Waals surface area (Å²) < 4.78 is 4.86. The molecule has 0 bridgehead atoms. The van der Waals surface area contributed by atoms with Crippen LogP contribution >= 0.6 is 15.9 Å². The molecule has 1 heterocycles. The van der Waals surface area contributed by atoms with Crippen molar-refractivity contribution >= 4 is 33.4 Å². The number of halogens is 1. The third kappa shape index (κ3) is 4.16. The first-order chi connectivity index (χ1) is 10.1. The topological polar surface area (TPSA) is 85.4 Å². The maximum absolute atomic E-state index is 11.9. The average molecular weight is 353 g/mol. The number of amides is 1. The molecule has 0 aliphatic rings. The number of anilines is 1. The highest BCUT2D eigenvalue weighted by Gasteiger charge is 2.17. The number of aryl methyl sites for hydroxylation is 1. The summed E-state index contributed by atoms with van der Waals surface area (Å²) in [6, 6.07) is 9.90. The number of carbonyl (C=O) groups excluding carboxylic acids is 1. The largest absolute Gasteiger partial charge is 0.433 e. The van der Waals surface area contributed by atoms with Gasteiger partial charge in [-0.1, -0.05) is 28.1 Å². The molecular weight excluding hydrogens is 340 g/mol. The van der Waals surface area contributed by atoms with Crippen LogP contribution in [0.3, 0.4) is 0 Å². The molecule has 0 spiro atoms. The molecule has 2 rings (SSSR count). The molecule has 0 unspecified atom stereocenters. The zero-order chi connectivity index (χ0) is 15.2. The van der Waals surface area contributed by atoms with Gasteiger partial charge < -0.3 is 9.73 Å². The van der Waals surface area contributed by atoms with Gasteiger partial charge in [0.05, 0.1) is 6.07 Å². The van der Waals surface area contributed by atoms with Crippen LogP contribution in [0.1, 0.15) is 22.5 Å². The molecule has 2 aromatic rings. The normalized spacial score (nSPS) is 10.3. The molecule has 21 heavy (non-hydrogen) atoms. The van der Waals surface area contributed by atoms with Gasteiger partial charge in [0.1, 0.15) is 4.92 Å². The summed E-state index contributed by atoms with van der Waals surface area (Å²) in [7, 11) is 0. The third-order valence-corrected chi connectivity index (χ3v) is 3.34. The van der Waals surface area contributed by atoms with Crippen LogP contribution in [-0.4, -0.2) is 16.2 Å². The number of furan rings is 1. The molecule has 7 heteroatoms. The molecule has 0 saturated carbocycles. The fourth-order valence-electron chi connectivity index (χ4n) is 1.82. The number of rotatable bonds is 6. The minimum atomic E-state index is -0.683. The van der Waals surface area contributed by atoms with Gasteiger partial charge >= 0.3 is 5.88 Å². The van der Waals surface area contributed by atoms with Crippen molar-refractivity contribution in [3.05, 3.63) is 57.8 Å². The predicted octanol–water partition coefficient (Wildman–Crippen LogP) is 3.77. The minimum absolute atomic E-state index is 0.0902. The average Bonchev–Trinajstić information content (AvgIpc) is 2.95. The van der Waals surface area contributed by atoms with E-state index in [4.69, 9.17) is 4.42 Å². The van der Waals surface area contributed by atoms with Crippen molar-refractivity contribution in [1.82, 2.24) is 0 Å². The number of nitrogens with zero attached hydrogens (tertiary/aromatic N) is 1. The molecule has 0 radical (unpaired) electrons. The lowest BCUT2D eigenvalue weighted by Crippen LogP contribution is -2.11. The summed E-state index contributed by atoms with van der Waals surface area (Å²) in [4.78, 5) is 21.8. The first-order valence-electron chi connectivity index (χ1n) is 6.30. The number of hydrogen-bond donors (Lipinski definition) is 1. The molecule has 1 N–H and O–H groups in total. The second-order valence-corrected chi connectivity index (χ2v) is 5.14. The van der Waals surface area contributed by atoms with Crippen LogP contribution in [0, 0.1) is 10.1 Å². The maximum Gasteiger partial charge on any atom is 0.433 e. The molecule has 0 aliphatic carbocycles. The number of alkyl halides is 1. The molecule has 0 atom stereocenters. The number of nitrogens with one attached hydrogen (secondary N) is 1. The summed E-state index contributed by atoms with van der Waals surface area (Å²) in [6.07, 6.45) is 1.91. The molecule has 0 aliphatic heterocycles. The Kier molecular flexibility index (Phi) is 5.10. The fraction of sp³-hybridized carbons (Fsp3) is 0.214. The van der Waals surface area contributed by atoms with Crippen LogP contribution in [0.15, 0.2) is 40.8 Å². The van der Waals surface area contributed by atoms with Gasteiger partial charge in [-0.2, -0.15) is 0 Å². The van der Waals surface area contributed by atoms with Crippen LogP contribution in [-0.2, 0) is 6.42 Å². The van der Waals surface area contributed by atoms with E-state index in [-0.39, 0.29) is 5.76 Å². The summed E-state index contributed by atoms with van der Waals surface area (Å²) in [6.45, 7) is 0. The number of benzene rings is 1. The number of nitro groups is 1. The fourth-order valence-corrected chi connectivity index (χ4v) is 2.10. The van der Waals surface area contributed by atoms with Gasteiger partial charge in [-0.3, -0.25) is 14.9 Å². The Morgan fingerprint density at radius 1 is 1.33 bits per heavy atom. The summed E-state index contributed by atoms with van der Waals surface area (Å²) >= 11 is 3.37. The first-order valence-corrected chi connectivity index (χ1v) is 7.43. The molecule has 0 fully saturated rings. The zero-order valence-corrected chi connectivity index (χ0v) is 12.6. The lowest BCUT2D eigenvalue weighted by atomic mass is 10.1. The van der Waals surface area contributed by atoms with Crippen molar-refractivity contribution in [3.8, 4) is 0 Å². The van der Waals surface area contributed by atoms with E-state index in [9.17, 15) is 14.9 Å². The Bertz CT molecular complexity index is 654. The lowest BCUT2D eigenvalue weighted by molar-refractivity contribution is -0.402. The van der Waals surface area contributed by atoms with E-state index < -0.39 is 16.7 Å².